The molecule has 2 fully saturated rings. The van der Waals surface area contributed by atoms with E-state index < -0.39 is 0 Å². The molecule has 0 radical (unpaired) electrons. The number of amides is 1. The lowest BCUT2D eigenvalue weighted by atomic mass is 9.97. The smallest absolute Gasteiger partial charge is 0.237 e. The molecular formula is C15H28N2O2. The molecule has 0 aromatic rings. The molecule has 0 unspecified atom stereocenters. The molecule has 0 spiro atoms. The Hall–Kier alpha value is -0.610. The van der Waals surface area contributed by atoms with E-state index in [1.807, 2.05) is 0 Å². The second-order valence-electron chi connectivity index (χ2n) is 6.35. The summed E-state index contributed by atoms with van der Waals surface area (Å²) in [5, 5.41) is 0. The first-order chi connectivity index (χ1) is 8.99. The van der Waals surface area contributed by atoms with Crippen LogP contribution in [0.1, 0.15) is 47.0 Å². The van der Waals surface area contributed by atoms with Crippen molar-refractivity contribution in [3.63, 3.8) is 0 Å². The molecule has 110 valence electrons. The third-order valence-electron chi connectivity index (χ3n) is 4.56. The summed E-state index contributed by atoms with van der Waals surface area (Å²) in [5.41, 5.74) is 0. The fourth-order valence-electron chi connectivity index (χ4n) is 3.36. The van der Waals surface area contributed by atoms with Gasteiger partial charge >= 0.3 is 0 Å². The minimum absolute atomic E-state index is 0.236. The van der Waals surface area contributed by atoms with Gasteiger partial charge in [-0.2, -0.15) is 0 Å². The molecule has 2 rings (SSSR count). The Morgan fingerprint density at radius 1 is 1.11 bits per heavy atom. The number of nitrogens with zero attached hydrogens (tertiary/aromatic N) is 2. The number of ether oxygens (including phenoxy) is 1. The van der Waals surface area contributed by atoms with Gasteiger partial charge in [0.25, 0.3) is 0 Å². The number of carbonyl (C=O) groups excluding carboxylic acids is 1. The number of hydrogen-bond acceptors (Lipinski definition) is 3. The molecule has 1 amide bonds. The van der Waals surface area contributed by atoms with Gasteiger partial charge in [0.1, 0.15) is 0 Å². The van der Waals surface area contributed by atoms with Crippen molar-refractivity contribution in [2.24, 2.45) is 0 Å². The minimum atomic E-state index is 0.236. The number of carbonyl (C=O) groups is 1. The highest BCUT2D eigenvalue weighted by atomic mass is 16.5. The summed E-state index contributed by atoms with van der Waals surface area (Å²) in [7, 11) is 0. The van der Waals surface area contributed by atoms with E-state index in [0.29, 0.717) is 30.6 Å². The number of hydrogen-bond donors (Lipinski definition) is 0. The highest BCUT2D eigenvalue weighted by Gasteiger charge is 2.32. The molecule has 19 heavy (non-hydrogen) atoms. The predicted molar refractivity (Wildman–Crippen MR) is 76.1 cm³/mol. The van der Waals surface area contributed by atoms with Crippen molar-refractivity contribution in [3.8, 4) is 0 Å². The topological polar surface area (TPSA) is 32.8 Å². The lowest BCUT2D eigenvalue weighted by Gasteiger charge is -2.42. The van der Waals surface area contributed by atoms with Crippen LogP contribution in [0.15, 0.2) is 0 Å². The van der Waals surface area contributed by atoms with Crippen LogP contribution < -0.4 is 0 Å². The average Bonchev–Trinajstić information content (AvgIpc) is 2.33. The maximum Gasteiger partial charge on any atom is 0.237 e. The number of piperidine rings is 1. The van der Waals surface area contributed by atoms with Gasteiger partial charge in [0, 0.05) is 24.7 Å². The van der Waals surface area contributed by atoms with E-state index in [9.17, 15) is 4.79 Å². The number of morpholine rings is 1. The molecule has 0 aromatic carbocycles. The Morgan fingerprint density at radius 2 is 1.74 bits per heavy atom. The van der Waals surface area contributed by atoms with Gasteiger partial charge in [0.2, 0.25) is 5.91 Å². The lowest BCUT2D eigenvalue weighted by molar-refractivity contribution is -0.141. The summed E-state index contributed by atoms with van der Waals surface area (Å²) in [6, 6.07) is 1.13. The van der Waals surface area contributed by atoms with Crippen molar-refractivity contribution in [3.05, 3.63) is 0 Å². The van der Waals surface area contributed by atoms with Crippen LogP contribution in [0.5, 0.6) is 0 Å². The van der Waals surface area contributed by atoms with E-state index in [4.69, 9.17) is 4.74 Å². The van der Waals surface area contributed by atoms with Crippen molar-refractivity contribution in [2.45, 2.75) is 71.2 Å². The quantitative estimate of drug-likeness (QED) is 0.766. The zero-order chi connectivity index (χ0) is 14.0. The first-order valence-electron chi connectivity index (χ1n) is 7.66. The second kappa shape index (κ2) is 6.23. The summed E-state index contributed by atoms with van der Waals surface area (Å²) in [4.78, 5) is 17.0. The molecule has 0 aliphatic carbocycles. The van der Waals surface area contributed by atoms with Crippen LogP contribution in [0.2, 0.25) is 0 Å². The zero-order valence-corrected chi connectivity index (χ0v) is 12.8. The number of rotatable bonds is 2. The van der Waals surface area contributed by atoms with Gasteiger partial charge in [0.15, 0.2) is 0 Å². The summed E-state index contributed by atoms with van der Waals surface area (Å²) in [6.07, 6.45) is 3.77. The van der Waals surface area contributed by atoms with Gasteiger partial charge in [-0.1, -0.05) is 0 Å². The van der Waals surface area contributed by atoms with E-state index in [0.717, 1.165) is 26.0 Å². The van der Waals surface area contributed by atoms with E-state index in [-0.39, 0.29) is 6.10 Å². The van der Waals surface area contributed by atoms with Crippen LogP contribution in [0.25, 0.3) is 0 Å². The Balaban J connectivity index is 1.95. The Labute approximate surface area is 117 Å². The Kier molecular flexibility index (Phi) is 4.85. The van der Waals surface area contributed by atoms with Crippen molar-refractivity contribution < 1.29 is 9.53 Å². The molecule has 2 saturated heterocycles. The van der Waals surface area contributed by atoms with Gasteiger partial charge < -0.3 is 9.64 Å². The molecule has 0 bridgehead atoms. The van der Waals surface area contributed by atoms with Crippen LogP contribution in [0.3, 0.4) is 0 Å². The highest BCUT2D eigenvalue weighted by Crippen LogP contribution is 2.23. The molecule has 2 aliphatic rings. The monoisotopic (exact) mass is 268 g/mol. The summed E-state index contributed by atoms with van der Waals surface area (Å²) in [6.45, 7) is 10.7. The standard InChI is InChI=1S/C15H28N2O2/c1-11-6-5-7-12(2)17(11)15(18)9-16-8-14(4)19-10-13(16)3/h11-14H,5-10H2,1-4H3/t11-,12+,13-,14-/m1/s1. The predicted octanol–water partition coefficient (Wildman–Crippen LogP) is 1.89. The van der Waals surface area contributed by atoms with E-state index >= 15 is 0 Å². The van der Waals surface area contributed by atoms with Crippen LogP contribution in [-0.4, -0.2) is 59.6 Å². The third kappa shape index (κ3) is 3.48. The van der Waals surface area contributed by atoms with Crippen molar-refractivity contribution in [1.29, 1.82) is 0 Å². The summed E-state index contributed by atoms with van der Waals surface area (Å²) >= 11 is 0. The first kappa shape index (κ1) is 14.8. The van der Waals surface area contributed by atoms with E-state index in [2.05, 4.69) is 37.5 Å². The van der Waals surface area contributed by atoms with E-state index in [1.165, 1.54) is 6.42 Å². The first-order valence-corrected chi connectivity index (χ1v) is 7.66. The average molecular weight is 268 g/mol. The number of likely N-dealkylation sites (tertiary alicyclic amines) is 1. The molecule has 2 heterocycles. The molecular weight excluding hydrogens is 240 g/mol. The van der Waals surface area contributed by atoms with Crippen molar-refractivity contribution >= 4 is 5.91 Å². The van der Waals surface area contributed by atoms with Gasteiger partial charge in [-0.15, -0.1) is 0 Å². The van der Waals surface area contributed by atoms with Crippen molar-refractivity contribution in [2.75, 3.05) is 19.7 Å². The highest BCUT2D eigenvalue weighted by molar-refractivity contribution is 5.79. The molecule has 4 heteroatoms. The largest absolute Gasteiger partial charge is 0.376 e. The second-order valence-corrected chi connectivity index (χ2v) is 6.35. The van der Waals surface area contributed by atoms with Crippen LogP contribution in [-0.2, 0) is 9.53 Å². The molecule has 0 aromatic heterocycles. The molecule has 4 atom stereocenters. The van der Waals surface area contributed by atoms with Gasteiger partial charge in [-0.3, -0.25) is 9.69 Å². The Bertz CT molecular complexity index is 311. The van der Waals surface area contributed by atoms with Crippen LogP contribution >= 0.6 is 0 Å². The maximum atomic E-state index is 12.6. The maximum absolute atomic E-state index is 12.6. The third-order valence-corrected chi connectivity index (χ3v) is 4.56. The molecule has 2 aliphatic heterocycles. The van der Waals surface area contributed by atoms with Crippen LogP contribution in [0.4, 0.5) is 0 Å². The zero-order valence-electron chi connectivity index (χ0n) is 12.8. The molecule has 4 nitrogen and oxygen atoms in total. The van der Waals surface area contributed by atoms with Gasteiger partial charge in [-0.05, 0) is 47.0 Å². The lowest BCUT2D eigenvalue weighted by Crippen LogP contribution is -2.55. The molecule has 0 saturated carbocycles. The fourth-order valence-corrected chi connectivity index (χ4v) is 3.36. The van der Waals surface area contributed by atoms with Gasteiger partial charge in [0.05, 0.1) is 19.3 Å². The minimum Gasteiger partial charge on any atom is -0.376 e. The van der Waals surface area contributed by atoms with Gasteiger partial charge in [-0.25, -0.2) is 0 Å². The van der Waals surface area contributed by atoms with Crippen LogP contribution in [0, 0.1) is 0 Å². The normalized spacial score (nSPS) is 37.4. The molecule has 0 N–H and O–H groups in total. The summed E-state index contributed by atoms with van der Waals surface area (Å²) in [5.74, 6) is 0.292. The summed E-state index contributed by atoms with van der Waals surface area (Å²) < 4.78 is 5.62. The Morgan fingerprint density at radius 3 is 2.37 bits per heavy atom. The van der Waals surface area contributed by atoms with E-state index in [1.54, 1.807) is 0 Å². The SMILES string of the molecule is C[C@@H]1CN(CC(=O)N2[C@H](C)CCC[C@@H]2C)[C@H](C)CO1. The van der Waals surface area contributed by atoms with Crippen molar-refractivity contribution in [1.82, 2.24) is 9.80 Å². The fraction of sp³-hybridized carbons (Fsp3) is 0.933.